The van der Waals surface area contributed by atoms with E-state index in [2.05, 4.69) is 36.2 Å². The molecule has 5 heteroatoms. The maximum atomic E-state index is 12.7. The fourth-order valence-corrected chi connectivity index (χ4v) is 3.67. The molecule has 0 aliphatic heterocycles. The molecule has 2 heterocycles. The molecule has 138 valence electrons. The summed E-state index contributed by atoms with van der Waals surface area (Å²) in [6, 6.07) is 14.1. The fraction of sp³-hybridized carbons (Fsp3) is 0.227. The molecule has 0 saturated heterocycles. The summed E-state index contributed by atoms with van der Waals surface area (Å²) >= 11 is 0. The maximum Gasteiger partial charge on any atom is 0.272 e. The molecule has 27 heavy (non-hydrogen) atoms. The van der Waals surface area contributed by atoms with Crippen LogP contribution in [0.4, 0.5) is 0 Å². The van der Waals surface area contributed by atoms with E-state index in [1.807, 2.05) is 36.0 Å². The average molecular weight is 361 g/mol. The Morgan fingerprint density at radius 1 is 1.19 bits per heavy atom. The second-order valence-corrected chi connectivity index (χ2v) is 7.00. The number of H-pyrrole nitrogens is 1. The highest BCUT2D eigenvalue weighted by Crippen LogP contribution is 2.35. The molecule has 0 bridgehead atoms. The van der Waals surface area contributed by atoms with E-state index in [1.165, 1.54) is 5.56 Å². The van der Waals surface area contributed by atoms with E-state index in [9.17, 15) is 4.79 Å². The number of nitrogens with one attached hydrogen (secondary N) is 1. The fourth-order valence-electron chi connectivity index (χ4n) is 3.67. The Hall–Kier alpha value is -3.05. The molecule has 0 radical (unpaired) electrons. The van der Waals surface area contributed by atoms with Crippen molar-refractivity contribution in [3.63, 3.8) is 0 Å². The lowest BCUT2D eigenvalue weighted by Gasteiger charge is -2.10. The maximum absolute atomic E-state index is 12.7. The van der Waals surface area contributed by atoms with Gasteiger partial charge in [-0.3, -0.25) is 4.79 Å². The van der Waals surface area contributed by atoms with Crippen LogP contribution in [-0.4, -0.2) is 23.2 Å². The Bertz CT molecular complexity index is 1190. The minimum absolute atomic E-state index is 0.0928. The summed E-state index contributed by atoms with van der Waals surface area (Å²) in [4.78, 5) is 15.6. The lowest BCUT2D eigenvalue weighted by Crippen LogP contribution is -2.09. The number of fused-ring (bicyclic) bond motifs is 3. The van der Waals surface area contributed by atoms with Crippen molar-refractivity contribution >= 4 is 21.8 Å². The summed E-state index contributed by atoms with van der Waals surface area (Å²) in [5.74, 6) is 1.08. The molecule has 0 amide bonds. The van der Waals surface area contributed by atoms with Gasteiger partial charge in [-0.15, -0.1) is 0 Å². The summed E-state index contributed by atoms with van der Waals surface area (Å²) in [6.45, 7) is 2.74. The van der Waals surface area contributed by atoms with Gasteiger partial charge in [0.2, 0.25) is 0 Å². The van der Waals surface area contributed by atoms with Crippen molar-refractivity contribution in [3.8, 4) is 16.9 Å². The molecule has 0 aliphatic carbocycles. The first-order valence-corrected chi connectivity index (χ1v) is 9.03. The first kappa shape index (κ1) is 17.4. The quantitative estimate of drug-likeness (QED) is 0.581. The summed E-state index contributed by atoms with van der Waals surface area (Å²) in [6.07, 6.45) is 2.01. The lowest BCUT2D eigenvalue weighted by molar-refractivity contribution is 0.415. The van der Waals surface area contributed by atoms with Crippen LogP contribution in [0.3, 0.4) is 0 Å². The standard InChI is InChI=1S/C22H23N3O2/c1-13(11-23)14-4-6-15(7-5-14)18-12-25(2)21-20(18)17-10-16(27-3)8-9-19(17)24-22(21)26/h4-10,12-13H,11,23H2,1-3H3,(H,24,26). The van der Waals surface area contributed by atoms with E-state index in [1.54, 1.807) is 7.11 Å². The van der Waals surface area contributed by atoms with Gasteiger partial charge in [-0.1, -0.05) is 31.2 Å². The number of pyridine rings is 1. The van der Waals surface area contributed by atoms with Crippen LogP contribution in [-0.2, 0) is 7.05 Å². The smallest absolute Gasteiger partial charge is 0.272 e. The molecule has 4 aromatic rings. The highest BCUT2D eigenvalue weighted by atomic mass is 16.5. The topological polar surface area (TPSA) is 73.0 Å². The SMILES string of the molecule is COc1ccc2[nH]c(=O)c3c(c(-c4ccc(C(C)CN)cc4)cn3C)c2c1. The van der Waals surface area contributed by atoms with Gasteiger partial charge in [0.25, 0.3) is 5.56 Å². The van der Waals surface area contributed by atoms with Crippen LogP contribution >= 0.6 is 0 Å². The highest BCUT2D eigenvalue weighted by molar-refractivity contribution is 6.12. The van der Waals surface area contributed by atoms with Crippen LogP contribution in [0.15, 0.2) is 53.5 Å². The van der Waals surface area contributed by atoms with Gasteiger partial charge in [-0.05, 0) is 41.8 Å². The number of aromatic amines is 1. The number of ether oxygens (including phenoxy) is 1. The van der Waals surface area contributed by atoms with Gasteiger partial charge in [0, 0.05) is 35.1 Å². The summed E-state index contributed by atoms with van der Waals surface area (Å²) < 4.78 is 7.29. The summed E-state index contributed by atoms with van der Waals surface area (Å²) in [7, 11) is 3.55. The Kier molecular flexibility index (Phi) is 4.24. The van der Waals surface area contributed by atoms with Gasteiger partial charge in [0.15, 0.2) is 0 Å². The number of aromatic nitrogens is 2. The number of hydrogen-bond acceptors (Lipinski definition) is 3. The van der Waals surface area contributed by atoms with Crippen molar-refractivity contribution in [1.82, 2.24) is 9.55 Å². The normalized spacial score (nSPS) is 12.6. The number of nitrogens with two attached hydrogens (primary N) is 1. The minimum Gasteiger partial charge on any atom is -0.497 e. The van der Waals surface area contributed by atoms with Crippen LogP contribution in [0.5, 0.6) is 5.75 Å². The van der Waals surface area contributed by atoms with E-state index < -0.39 is 0 Å². The minimum atomic E-state index is -0.0928. The number of hydrogen-bond donors (Lipinski definition) is 2. The average Bonchev–Trinajstić information content (AvgIpc) is 3.05. The van der Waals surface area contributed by atoms with Crippen molar-refractivity contribution < 1.29 is 4.74 Å². The number of aryl methyl sites for hydroxylation is 1. The number of benzene rings is 2. The van der Waals surface area contributed by atoms with E-state index in [0.29, 0.717) is 18.0 Å². The predicted octanol–water partition coefficient (Wildman–Crippen LogP) is 3.76. The molecule has 1 unspecified atom stereocenters. The molecule has 3 N–H and O–H groups in total. The first-order valence-electron chi connectivity index (χ1n) is 9.03. The van der Waals surface area contributed by atoms with Crippen LogP contribution in [0.2, 0.25) is 0 Å². The zero-order valence-corrected chi connectivity index (χ0v) is 15.7. The number of nitrogens with zero attached hydrogens (tertiary/aromatic N) is 1. The van der Waals surface area contributed by atoms with Crippen molar-refractivity contribution in [2.24, 2.45) is 12.8 Å². The number of methoxy groups -OCH3 is 1. The Balaban J connectivity index is 2.02. The summed E-state index contributed by atoms with van der Waals surface area (Å²) in [5, 5.41) is 1.91. The lowest BCUT2D eigenvalue weighted by atomic mass is 9.96. The molecule has 0 fully saturated rings. The Morgan fingerprint density at radius 3 is 2.59 bits per heavy atom. The molecular weight excluding hydrogens is 338 g/mol. The second kappa shape index (κ2) is 6.59. The Labute approximate surface area is 157 Å². The second-order valence-electron chi connectivity index (χ2n) is 7.00. The van der Waals surface area contributed by atoms with Crippen molar-refractivity contribution in [2.45, 2.75) is 12.8 Å². The van der Waals surface area contributed by atoms with E-state index in [4.69, 9.17) is 10.5 Å². The predicted molar refractivity (Wildman–Crippen MR) is 111 cm³/mol. The highest BCUT2D eigenvalue weighted by Gasteiger charge is 2.16. The van der Waals surface area contributed by atoms with Gasteiger partial charge in [-0.2, -0.15) is 0 Å². The Morgan fingerprint density at radius 2 is 1.93 bits per heavy atom. The largest absolute Gasteiger partial charge is 0.497 e. The number of rotatable bonds is 4. The third-order valence-electron chi connectivity index (χ3n) is 5.29. The third-order valence-corrected chi connectivity index (χ3v) is 5.29. The monoisotopic (exact) mass is 361 g/mol. The van der Waals surface area contributed by atoms with Gasteiger partial charge >= 0.3 is 0 Å². The molecule has 0 aliphatic rings. The summed E-state index contributed by atoms with van der Waals surface area (Å²) in [5.41, 5.74) is 10.5. The van der Waals surface area contributed by atoms with E-state index in [-0.39, 0.29) is 5.56 Å². The zero-order chi connectivity index (χ0) is 19.1. The van der Waals surface area contributed by atoms with Gasteiger partial charge < -0.3 is 20.0 Å². The van der Waals surface area contributed by atoms with E-state index in [0.717, 1.165) is 33.2 Å². The first-order chi connectivity index (χ1) is 13.0. The van der Waals surface area contributed by atoms with Crippen LogP contribution in [0, 0.1) is 0 Å². The molecule has 2 aromatic carbocycles. The van der Waals surface area contributed by atoms with Crippen molar-refractivity contribution in [2.75, 3.05) is 13.7 Å². The van der Waals surface area contributed by atoms with Crippen LogP contribution in [0.1, 0.15) is 18.4 Å². The molecule has 0 saturated carbocycles. The van der Waals surface area contributed by atoms with E-state index >= 15 is 0 Å². The molecule has 1 atom stereocenters. The molecule has 5 nitrogen and oxygen atoms in total. The zero-order valence-electron chi connectivity index (χ0n) is 15.7. The van der Waals surface area contributed by atoms with Crippen LogP contribution < -0.4 is 16.0 Å². The van der Waals surface area contributed by atoms with Gasteiger partial charge in [0.05, 0.1) is 7.11 Å². The van der Waals surface area contributed by atoms with Crippen molar-refractivity contribution in [1.29, 1.82) is 0 Å². The molecule has 2 aromatic heterocycles. The van der Waals surface area contributed by atoms with Gasteiger partial charge in [0.1, 0.15) is 11.3 Å². The van der Waals surface area contributed by atoms with Gasteiger partial charge in [-0.25, -0.2) is 0 Å². The molecule has 4 rings (SSSR count). The molecular formula is C22H23N3O2. The molecule has 0 spiro atoms. The third kappa shape index (κ3) is 2.80. The van der Waals surface area contributed by atoms with Crippen LogP contribution in [0.25, 0.3) is 32.9 Å². The van der Waals surface area contributed by atoms with Crippen molar-refractivity contribution in [3.05, 3.63) is 64.6 Å².